The highest BCUT2D eigenvalue weighted by Gasteiger charge is 2.23. The van der Waals surface area contributed by atoms with Crippen LogP contribution < -0.4 is 15.4 Å². The first kappa shape index (κ1) is 22.0. The Balaban J connectivity index is 1.41. The van der Waals surface area contributed by atoms with Gasteiger partial charge in [-0.1, -0.05) is 0 Å². The first-order chi connectivity index (χ1) is 16.4. The Hall–Kier alpha value is -3.85. The summed E-state index contributed by atoms with van der Waals surface area (Å²) in [4.78, 5) is 33.6. The lowest BCUT2D eigenvalue weighted by molar-refractivity contribution is -0.119. The molecule has 0 saturated carbocycles. The third-order valence-electron chi connectivity index (χ3n) is 5.59. The normalized spacial score (nSPS) is 14.9. The monoisotopic (exact) mass is 476 g/mol. The van der Waals surface area contributed by atoms with Crippen molar-refractivity contribution >= 4 is 39.2 Å². The molecule has 4 aromatic rings. The average Bonchev–Trinajstić information content (AvgIpc) is 3.27. The SMILES string of the molecule is CC(=O)NC1CCOc2ccc(-c3csc(NC(=O)c4cc(C)nc5ccc(F)cc45)n3)cc21. The molecule has 34 heavy (non-hydrogen) atoms. The van der Waals surface area contributed by atoms with E-state index in [2.05, 4.69) is 20.6 Å². The van der Waals surface area contributed by atoms with E-state index in [0.29, 0.717) is 46.0 Å². The maximum absolute atomic E-state index is 13.8. The summed E-state index contributed by atoms with van der Waals surface area (Å²) in [6.07, 6.45) is 0.689. The van der Waals surface area contributed by atoms with Crippen LogP contribution >= 0.6 is 11.3 Å². The maximum Gasteiger partial charge on any atom is 0.258 e. The number of carbonyl (C=O) groups excluding carboxylic acids is 2. The van der Waals surface area contributed by atoms with Gasteiger partial charge in [0.05, 0.1) is 29.4 Å². The molecule has 0 spiro atoms. The molecule has 1 unspecified atom stereocenters. The van der Waals surface area contributed by atoms with Gasteiger partial charge in [-0.05, 0) is 49.4 Å². The summed E-state index contributed by atoms with van der Waals surface area (Å²) >= 11 is 1.30. The number of hydrogen-bond acceptors (Lipinski definition) is 6. The van der Waals surface area contributed by atoms with Crippen molar-refractivity contribution in [3.63, 3.8) is 0 Å². The number of aromatic nitrogens is 2. The molecule has 2 amide bonds. The number of nitrogens with one attached hydrogen (secondary N) is 2. The summed E-state index contributed by atoms with van der Waals surface area (Å²) in [6, 6.07) is 11.4. The number of amides is 2. The van der Waals surface area contributed by atoms with Crippen LogP contribution in [0.1, 0.15) is 41.0 Å². The van der Waals surface area contributed by atoms with Crippen molar-refractivity contribution in [1.29, 1.82) is 0 Å². The molecule has 0 bridgehead atoms. The number of pyridine rings is 1. The second-order valence-electron chi connectivity index (χ2n) is 8.11. The summed E-state index contributed by atoms with van der Waals surface area (Å²) in [6.45, 7) is 3.82. The van der Waals surface area contributed by atoms with Gasteiger partial charge in [-0.3, -0.25) is 19.9 Å². The zero-order chi connectivity index (χ0) is 23.8. The molecule has 1 aliphatic heterocycles. The van der Waals surface area contributed by atoms with Gasteiger partial charge in [0.2, 0.25) is 5.91 Å². The summed E-state index contributed by atoms with van der Waals surface area (Å²) in [5.74, 6) is -0.172. The molecular formula is C25H21FN4O3S. The number of thiazole rings is 1. The zero-order valence-electron chi connectivity index (χ0n) is 18.5. The Morgan fingerprint density at radius 1 is 1.15 bits per heavy atom. The Morgan fingerprint density at radius 3 is 2.82 bits per heavy atom. The molecule has 2 N–H and O–H groups in total. The van der Waals surface area contributed by atoms with Gasteiger partial charge in [-0.25, -0.2) is 9.37 Å². The van der Waals surface area contributed by atoms with Crippen LogP contribution in [-0.2, 0) is 4.79 Å². The number of benzene rings is 2. The van der Waals surface area contributed by atoms with E-state index in [1.807, 2.05) is 23.6 Å². The van der Waals surface area contributed by atoms with Crippen molar-refractivity contribution in [2.45, 2.75) is 26.3 Å². The van der Waals surface area contributed by atoms with Crippen molar-refractivity contribution in [3.05, 3.63) is 70.5 Å². The minimum atomic E-state index is -0.433. The molecule has 7 nitrogen and oxygen atoms in total. The fourth-order valence-electron chi connectivity index (χ4n) is 4.10. The van der Waals surface area contributed by atoms with E-state index < -0.39 is 5.82 Å². The number of nitrogens with zero attached hydrogens (tertiary/aromatic N) is 2. The number of halogens is 1. The molecule has 2 aromatic heterocycles. The third-order valence-corrected chi connectivity index (χ3v) is 6.35. The Kier molecular flexibility index (Phi) is 5.70. The molecular weight excluding hydrogens is 455 g/mol. The molecule has 2 aromatic carbocycles. The van der Waals surface area contributed by atoms with Gasteiger partial charge in [-0.15, -0.1) is 11.3 Å². The van der Waals surface area contributed by atoms with Gasteiger partial charge in [0, 0.05) is 40.9 Å². The number of fused-ring (bicyclic) bond motifs is 2. The molecule has 0 radical (unpaired) electrons. The first-order valence-corrected chi connectivity index (χ1v) is 11.6. The lowest BCUT2D eigenvalue weighted by Crippen LogP contribution is -2.30. The summed E-state index contributed by atoms with van der Waals surface area (Å²) < 4.78 is 19.5. The largest absolute Gasteiger partial charge is 0.493 e. The lowest BCUT2D eigenvalue weighted by atomic mass is 9.97. The number of anilines is 1. The van der Waals surface area contributed by atoms with Gasteiger partial charge in [0.1, 0.15) is 11.6 Å². The molecule has 0 fully saturated rings. The van der Waals surface area contributed by atoms with Crippen molar-refractivity contribution in [2.75, 3.05) is 11.9 Å². The highest BCUT2D eigenvalue weighted by molar-refractivity contribution is 7.14. The summed E-state index contributed by atoms with van der Waals surface area (Å²) in [7, 11) is 0. The van der Waals surface area contributed by atoms with Gasteiger partial charge in [0.15, 0.2) is 5.13 Å². The van der Waals surface area contributed by atoms with E-state index >= 15 is 0 Å². The topological polar surface area (TPSA) is 93.2 Å². The molecule has 3 heterocycles. The minimum absolute atomic E-state index is 0.0966. The summed E-state index contributed by atoms with van der Waals surface area (Å²) in [5, 5.41) is 8.50. The lowest BCUT2D eigenvalue weighted by Gasteiger charge is -2.26. The molecule has 9 heteroatoms. The Bertz CT molecular complexity index is 1440. The van der Waals surface area contributed by atoms with Crippen molar-refractivity contribution in [1.82, 2.24) is 15.3 Å². The predicted octanol–water partition coefficient (Wildman–Crippen LogP) is 5.02. The number of ether oxygens (including phenoxy) is 1. The van der Waals surface area contributed by atoms with Crippen LogP contribution in [0.2, 0.25) is 0 Å². The highest BCUT2D eigenvalue weighted by atomic mass is 32.1. The van der Waals surface area contributed by atoms with Crippen molar-refractivity contribution in [2.24, 2.45) is 0 Å². The third kappa shape index (κ3) is 4.34. The predicted molar refractivity (Wildman–Crippen MR) is 129 cm³/mol. The second kappa shape index (κ2) is 8.83. The second-order valence-corrected chi connectivity index (χ2v) is 8.97. The van der Waals surface area contributed by atoms with Gasteiger partial charge < -0.3 is 10.1 Å². The van der Waals surface area contributed by atoms with Gasteiger partial charge >= 0.3 is 0 Å². The smallest absolute Gasteiger partial charge is 0.258 e. The van der Waals surface area contributed by atoms with Crippen LogP contribution in [-0.4, -0.2) is 28.4 Å². The quantitative estimate of drug-likeness (QED) is 0.432. The fraction of sp³-hybridized carbons (Fsp3) is 0.200. The first-order valence-electron chi connectivity index (χ1n) is 10.8. The fourth-order valence-corrected chi connectivity index (χ4v) is 4.81. The molecule has 1 atom stereocenters. The Morgan fingerprint density at radius 2 is 2.00 bits per heavy atom. The molecule has 0 aliphatic carbocycles. The van der Waals surface area contributed by atoms with E-state index in [1.165, 1.54) is 30.4 Å². The number of aryl methyl sites for hydroxylation is 1. The minimum Gasteiger partial charge on any atom is -0.493 e. The highest BCUT2D eigenvalue weighted by Crippen LogP contribution is 2.36. The van der Waals surface area contributed by atoms with E-state index in [1.54, 1.807) is 19.1 Å². The van der Waals surface area contributed by atoms with Crippen LogP contribution in [0.3, 0.4) is 0 Å². The van der Waals surface area contributed by atoms with E-state index in [-0.39, 0.29) is 17.9 Å². The van der Waals surface area contributed by atoms with Crippen LogP contribution in [0, 0.1) is 12.7 Å². The average molecular weight is 477 g/mol. The van der Waals surface area contributed by atoms with Crippen molar-refractivity contribution < 1.29 is 18.7 Å². The van der Waals surface area contributed by atoms with Crippen LogP contribution in [0.25, 0.3) is 22.2 Å². The zero-order valence-corrected chi connectivity index (χ0v) is 19.3. The van der Waals surface area contributed by atoms with Crippen LogP contribution in [0.15, 0.2) is 47.8 Å². The molecule has 5 rings (SSSR count). The summed E-state index contributed by atoms with van der Waals surface area (Å²) in [5.41, 5.74) is 3.99. The van der Waals surface area contributed by atoms with E-state index in [0.717, 1.165) is 16.9 Å². The maximum atomic E-state index is 13.8. The number of rotatable bonds is 4. The van der Waals surface area contributed by atoms with Gasteiger partial charge in [-0.2, -0.15) is 0 Å². The molecule has 0 saturated heterocycles. The molecule has 1 aliphatic rings. The molecule has 172 valence electrons. The van der Waals surface area contributed by atoms with Crippen LogP contribution in [0.5, 0.6) is 5.75 Å². The Labute approximate surface area is 199 Å². The van der Waals surface area contributed by atoms with E-state index in [9.17, 15) is 14.0 Å². The van der Waals surface area contributed by atoms with Crippen molar-refractivity contribution in [3.8, 4) is 17.0 Å². The standard InChI is InChI=1S/C25H21FN4O3S/c1-13-9-18(17-11-16(26)4-5-20(17)27-13)24(32)30-25-29-22(12-34-25)15-3-6-23-19(10-15)21(7-8-33-23)28-14(2)31/h3-6,9-12,21H,7-8H2,1-2H3,(H,28,31)(H,29,30,32). The van der Waals surface area contributed by atoms with Crippen LogP contribution in [0.4, 0.5) is 9.52 Å². The number of carbonyl (C=O) groups is 2. The number of hydrogen-bond donors (Lipinski definition) is 2. The van der Waals surface area contributed by atoms with Gasteiger partial charge in [0.25, 0.3) is 5.91 Å². The van der Waals surface area contributed by atoms with E-state index in [4.69, 9.17) is 4.74 Å².